The molecule has 0 atom stereocenters. The first-order valence-electron chi connectivity index (χ1n) is 12.3. The third-order valence-corrected chi connectivity index (χ3v) is 5.18. The molecule has 194 valence electrons. The molecule has 9 heteroatoms. The fourth-order valence-corrected chi connectivity index (χ4v) is 3.78. The van der Waals surface area contributed by atoms with Gasteiger partial charge in [-0.15, -0.1) is 0 Å². The highest BCUT2D eigenvalue weighted by atomic mass is 16.5. The van der Waals surface area contributed by atoms with Gasteiger partial charge >= 0.3 is 0 Å². The number of anilines is 1. The molecule has 0 bridgehead atoms. The van der Waals surface area contributed by atoms with Gasteiger partial charge in [-0.1, -0.05) is 6.07 Å². The Balaban J connectivity index is 1.98. The number of ether oxygens (including phenoxy) is 5. The molecule has 0 radical (unpaired) electrons. The lowest BCUT2D eigenvalue weighted by atomic mass is 10.0. The zero-order chi connectivity index (χ0) is 26.1. The molecule has 9 nitrogen and oxygen atoms in total. The fraction of sp³-hybridized carbons (Fsp3) is 0.407. The molecule has 0 aliphatic heterocycles. The molecular formula is C27H35N3O6. The summed E-state index contributed by atoms with van der Waals surface area (Å²) in [5.41, 5.74) is 2.75. The summed E-state index contributed by atoms with van der Waals surface area (Å²) in [6, 6.07) is 8.96. The highest BCUT2D eigenvalue weighted by Crippen LogP contribution is 2.40. The van der Waals surface area contributed by atoms with Gasteiger partial charge in [-0.25, -0.2) is 0 Å². The normalized spacial score (nSPS) is 10.6. The van der Waals surface area contributed by atoms with Crippen molar-refractivity contribution in [3.63, 3.8) is 0 Å². The van der Waals surface area contributed by atoms with Crippen LogP contribution in [0.5, 0.6) is 28.7 Å². The molecule has 0 unspecified atom stereocenters. The quantitative estimate of drug-likeness (QED) is 0.315. The van der Waals surface area contributed by atoms with E-state index < -0.39 is 0 Å². The van der Waals surface area contributed by atoms with E-state index >= 15 is 0 Å². The van der Waals surface area contributed by atoms with Gasteiger partial charge < -0.3 is 29.0 Å². The van der Waals surface area contributed by atoms with Crippen LogP contribution >= 0.6 is 0 Å². The van der Waals surface area contributed by atoms with Gasteiger partial charge in [-0.2, -0.15) is 5.10 Å². The van der Waals surface area contributed by atoms with E-state index in [4.69, 9.17) is 23.7 Å². The number of rotatable bonds is 13. The Hall–Kier alpha value is -3.88. The molecule has 3 rings (SSSR count). The lowest BCUT2D eigenvalue weighted by Crippen LogP contribution is -2.14. The standard InChI is InChI=1S/C27H35N3O6/c1-7-32-20-13-12-18(14-21(20)33-8-2)24-17(6)29-30-26(24)28-27(31)19-15-22(34-9-3)25(36-11-5)23(16-19)35-10-4/h12-16H,7-11H2,1-6H3,(H2,28,29,30,31). The van der Waals surface area contributed by atoms with Crippen LogP contribution in [0.3, 0.4) is 0 Å². The predicted octanol–water partition coefficient (Wildman–Crippen LogP) is 5.63. The maximum atomic E-state index is 13.3. The van der Waals surface area contributed by atoms with Gasteiger partial charge in [0.05, 0.1) is 33.0 Å². The van der Waals surface area contributed by atoms with E-state index in [9.17, 15) is 4.79 Å². The van der Waals surface area contributed by atoms with Crippen molar-refractivity contribution in [1.82, 2.24) is 10.2 Å². The summed E-state index contributed by atoms with van der Waals surface area (Å²) in [6.07, 6.45) is 0. The topological polar surface area (TPSA) is 104 Å². The van der Waals surface area contributed by atoms with Gasteiger partial charge in [0.15, 0.2) is 28.8 Å². The monoisotopic (exact) mass is 497 g/mol. The average Bonchev–Trinajstić information content (AvgIpc) is 3.22. The minimum Gasteiger partial charge on any atom is -0.490 e. The summed E-state index contributed by atoms with van der Waals surface area (Å²) in [5, 5.41) is 10.2. The Morgan fingerprint density at radius 1 is 0.778 bits per heavy atom. The number of H-pyrrole nitrogens is 1. The van der Waals surface area contributed by atoms with E-state index in [1.54, 1.807) is 12.1 Å². The molecule has 3 aromatic rings. The molecule has 0 aliphatic rings. The van der Waals surface area contributed by atoms with Gasteiger partial charge in [-0.05, 0) is 71.4 Å². The second-order valence-corrected chi connectivity index (χ2v) is 7.65. The Morgan fingerprint density at radius 3 is 1.92 bits per heavy atom. The smallest absolute Gasteiger partial charge is 0.257 e. The molecular weight excluding hydrogens is 462 g/mol. The van der Waals surface area contributed by atoms with Crippen LogP contribution in [-0.4, -0.2) is 49.1 Å². The van der Waals surface area contributed by atoms with E-state index in [-0.39, 0.29) is 5.91 Å². The number of nitrogens with one attached hydrogen (secondary N) is 2. The summed E-state index contributed by atoms with van der Waals surface area (Å²) in [4.78, 5) is 13.3. The Bertz CT molecular complexity index is 1150. The van der Waals surface area contributed by atoms with Gasteiger partial charge in [0, 0.05) is 16.8 Å². The number of carbonyl (C=O) groups excluding carboxylic acids is 1. The molecule has 1 amide bonds. The maximum Gasteiger partial charge on any atom is 0.257 e. The molecule has 2 N–H and O–H groups in total. The van der Waals surface area contributed by atoms with Gasteiger partial charge in [0.2, 0.25) is 5.75 Å². The Labute approximate surface area is 212 Å². The first-order chi connectivity index (χ1) is 17.5. The summed E-state index contributed by atoms with van der Waals surface area (Å²) < 4.78 is 28.7. The number of amides is 1. The Kier molecular flexibility index (Phi) is 9.44. The Morgan fingerprint density at radius 2 is 1.33 bits per heavy atom. The summed E-state index contributed by atoms with van der Waals surface area (Å²) >= 11 is 0. The molecule has 2 aromatic carbocycles. The molecule has 36 heavy (non-hydrogen) atoms. The van der Waals surface area contributed by atoms with Crippen LogP contribution in [-0.2, 0) is 0 Å². The van der Waals surface area contributed by atoms with Crippen molar-refractivity contribution in [3.05, 3.63) is 41.6 Å². The van der Waals surface area contributed by atoms with Crippen molar-refractivity contribution in [3.8, 4) is 39.9 Å². The number of aryl methyl sites for hydroxylation is 1. The lowest BCUT2D eigenvalue weighted by Gasteiger charge is -2.17. The van der Waals surface area contributed by atoms with E-state index in [1.165, 1.54) is 0 Å². The minimum atomic E-state index is -0.358. The van der Waals surface area contributed by atoms with E-state index in [0.29, 0.717) is 73.2 Å². The second-order valence-electron chi connectivity index (χ2n) is 7.65. The third-order valence-electron chi connectivity index (χ3n) is 5.18. The number of aromatic amines is 1. The van der Waals surface area contributed by atoms with E-state index in [0.717, 1.165) is 16.8 Å². The highest BCUT2D eigenvalue weighted by molar-refractivity contribution is 6.06. The molecule has 1 heterocycles. The summed E-state index contributed by atoms with van der Waals surface area (Å²) in [7, 11) is 0. The molecule has 0 saturated carbocycles. The zero-order valence-corrected chi connectivity index (χ0v) is 21.8. The number of hydrogen-bond donors (Lipinski definition) is 2. The van der Waals surface area contributed by atoms with Crippen molar-refractivity contribution in [2.24, 2.45) is 0 Å². The first kappa shape index (κ1) is 26.7. The van der Waals surface area contributed by atoms with Crippen molar-refractivity contribution in [2.45, 2.75) is 41.5 Å². The molecule has 0 saturated heterocycles. The van der Waals surface area contributed by atoms with Crippen LogP contribution in [0, 0.1) is 6.92 Å². The van der Waals surface area contributed by atoms with Crippen LogP contribution in [0.25, 0.3) is 11.1 Å². The lowest BCUT2D eigenvalue weighted by molar-refractivity contribution is 0.102. The fourth-order valence-electron chi connectivity index (χ4n) is 3.78. The van der Waals surface area contributed by atoms with Crippen molar-refractivity contribution >= 4 is 11.7 Å². The number of benzene rings is 2. The predicted molar refractivity (Wildman–Crippen MR) is 139 cm³/mol. The van der Waals surface area contributed by atoms with Crippen molar-refractivity contribution in [1.29, 1.82) is 0 Å². The SMILES string of the molecule is CCOc1ccc(-c2c(NC(=O)c3cc(OCC)c(OCC)c(OCC)c3)n[nH]c2C)cc1OCC. The number of nitrogens with zero attached hydrogens (tertiary/aromatic N) is 1. The van der Waals surface area contributed by atoms with Gasteiger partial charge in [0.25, 0.3) is 5.91 Å². The third kappa shape index (κ3) is 6.02. The molecule has 0 fully saturated rings. The number of hydrogen-bond acceptors (Lipinski definition) is 7. The van der Waals surface area contributed by atoms with Crippen LogP contribution in [0.1, 0.15) is 50.7 Å². The van der Waals surface area contributed by atoms with E-state index in [1.807, 2.05) is 59.7 Å². The van der Waals surface area contributed by atoms with Crippen molar-refractivity contribution in [2.75, 3.05) is 38.4 Å². The van der Waals surface area contributed by atoms with E-state index in [2.05, 4.69) is 15.5 Å². The van der Waals surface area contributed by atoms with Crippen molar-refractivity contribution < 1.29 is 28.5 Å². The minimum absolute atomic E-state index is 0.358. The van der Waals surface area contributed by atoms with Gasteiger partial charge in [0.1, 0.15) is 0 Å². The first-order valence-corrected chi connectivity index (χ1v) is 12.3. The average molecular weight is 498 g/mol. The summed E-state index contributed by atoms with van der Waals surface area (Å²) in [6.45, 7) is 13.7. The molecule has 0 aliphatic carbocycles. The summed E-state index contributed by atoms with van der Waals surface area (Å²) in [5.74, 6) is 2.70. The van der Waals surface area contributed by atoms with Gasteiger partial charge in [-0.3, -0.25) is 9.89 Å². The second kappa shape index (κ2) is 12.7. The highest BCUT2D eigenvalue weighted by Gasteiger charge is 2.21. The van der Waals surface area contributed by atoms with Crippen LogP contribution in [0.15, 0.2) is 30.3 Å². The maximum absolute atomic E-state index is 13.3. The number of aromatic nitrogens is 2. The zero-order valence-electron chi connectivity index (χ0n) is 21.8. The van der Waals surface area contributed by atoms with Crippen LogP contribution in [0.2, 0.25) is 0 Å². The largest absolute Gasteiger partial charge is 0.490 e. The van der Waals surface area contributed by atoms with Crippen LogP contribution < -0.4 is 29.0 Å². The van der Waals surface area contributed by atoms with Crippen LogP contribution in [0.4, 0.5) is 5.82 Å². The molecule has 1 aromatic heterocycles. The number of carbonyl (C=O) groups is 1. The molecule has 0 spiro atoms.